The Hall–Kier alpha value is -2.43. The number of hydrogen-bond donors (Lipinski definition) is 3. The Kier molecular flexibility index (Phi) is 7.77. The van der Waals surface area contributed by atoms with E-state index in [2.05, 4.69) is 26.6 Å². The number of rotatable bonds is 8. The van der Waals surface area contributed by atoms with Gasteiger partial charge in [0.2, 0.25) is 15.9 Å². The third-order valence-corrected chi connectivity index (χ3v) is 6.85. The van der Waals surface area contributed by atoms with Crippen LogP contribution in [-0.4, -0.2) is 49.3 Å². The Labute approximate surface area is 178 Å². The number of halogens is 1. The van der Waals surface area contributed by atoms with E-state index in [0.29, 0.717) is 23.1 Å². The Bertz CT molecular complexity index is 1010. The molecule has 0 radical (unpaired) electrons. The Morgan fingerprint density at radius 3 is 2.38 bits per heavy atom. The van der Waals surface area contributed by atoms with Gasteiger partial charge in [0.25, 0.3) is 5.91 Å². The molecule has 3 N–H and O–H groups in total. The summed E-state index contributed by atoms with van der Waals surface area (Å²) >= 11 is 3.26. The van der Waals surface area contributed by atoms with Crippen LogP contribution in [0.1, 0.15) is 24.2 Å². The summed E-state index contributed by atoms with van der Waals surface area (Å²) < 4.78 is 27.1. The maximum Gasteiger partial charge on any atom is 0.252 e. The minimum atomic E-state index is -3.75. The Morgan fingerprint density at radius 2 is 1.76 bits per heavy atom. The fourth-order valence-corrected chi connectivity index (χ4v) is 4.53. The molecule has 0 saturated carbocycles. The molecule has 0 aromatic heterocycles. The van der Waals surface area contributed by atoms with Crippen molar-refractivity contribution in [2.75, 3.05) is 25.0 Å². The molecule has 2 amide bonds. The summed E-state index contributed by atoms with van der Waals surface area (Å²) in [6, 6.07) is 10.4. The molecule has 10 heteroatoms. The van der Waals surface area contributed by atoms with Crippen LogP contribution >= 0.6 is 15.9 Å². The first-order valence-corrected chi connectivity index (χ1v) is 11.1. The molecule has 156 valence electrons. The first-order valence-electron chi connectivity index (χ1n) is 8.86. The minimum Gasteiger partial charge on any atom is -0.506 e. The zero-order chi connectivity index (χ0) is 21.6. The van der Waals surface area contributed by atoms with Gasteiger partial charge in [-0.3, -0.25) is 9.59 Å². The van der Waals surface area contributed by atoms with E-state index >= 15 is 0 Å². The van der Waals surface area contributed by atoms with Crippen molar-refractivity contribution in [1.82, 2.24) is 9.62 Å². The lowest BCUT2D eigenvalue weighted by Gasteiger charge is -2.19. The van der Waals surface area contributed by atoms with Gasteiger partial charge < -0.3 is 15.7 Å². The highest BCUT2D eigenvalue weighted by Crippen LogP contribution is 2.28. The molecule has 2 aromatic rings. The highest BCUT2D eigenvalue weighted by molar-refractivity contribution is 9.10. The lowest BCUT2D eigenvalue weighted by Crippen LogP contribution is -2.33. The topological polar surface area (TPSA) is 116 Å². The second kappa shape index (κ2) is 9.86. The summed E-state index contributed by atoms with van der Waals surface area (Å²) in [6.45, 7) is 3.67. The lowest BCUT2D eigenvalue weighted by atomic mass is 10.2. The van der Waals surface area contributed by atoms with Crippen molar-refractivity contribution >= 4 is 43.5 Å². The summed E-state index contributed by atoms with van der Waals surface area (Å²) in [6.07, 6.45) is 0. The zero-order valence-corrected chi connectivity index (χ0v) is 18.4. The van der Waals surface area contributed by atoms with E-state index in [9.17, 15) is 23.1 Å². The van der Waals surface area contributed by atoms with Crippen LogP contribution in [0.2, 0.25) is 0 Å². The fraction of sp³-hybridized carbons (Fsp3) is 0.263. The summed E-state index contributed by atoms with van der Waals surface area (Å²) in [4.78, 5) is 24.3. The van der Waals surface area contributed by atoms with Gasteiger partial charge in [0.1, 0.15) is 5.75 Å². The van der Waals surface area contributed by atoms with Gasteiger partial charge in [0.15, 0.2) is 0 Å². The summed E-state index contributed by atoms with van der Waals surface area (Å²) in [7, 11) is -3.75. The maximum atomic E-state index is 12.6. The largest absolute Gasteiger partial charge is 0.506 e. The van der Waals surface area contributed by atoms with Crippen LogP contribution in [0.25, 0.3) is 0 Å². The first-order chi connectivity index (χ1) is 13.7. The van der Waals surface area contributed by atoms with Crippen LogP contribution in [0.5, 0.6) is 5.75 Å². The molecule has 0 unspecified atom stereocenters. The number of carbonyl (C=O) groups is 2. The van der Waals surface area contributed by atoms with Gasteiger partial charge in [-0.1, -0.05) is 26.0 Å². The second-order valence-corrected chi connectivity index (χ2v) is 8.77. The lowest BCUT2D eigenvalue weighted by molar-refractivity contribution is -0.115. The van der Waals surface area contributed by atoms with Crippen LogP contribution in [-0.2, 0) is 14.8 Å². The van der Waals surface area contributed by atoms with Crippen LogP contribution < -0.4 is 10.6 Å². The standard InChI is InChI=1S/C19H22BrN3O5S/c1-3-23(4-2)29(27,28)13-9-10-17(24)16(11-13)22-18(25)12-21-19(26)14-7-5-6-8-15(14)20/h5-11,24H,3-4,12H2,1-2H3,(H,21,26)(H,22,25). The molecular weight excluding hydrogens is 462 g/mol. The van der Waals surface area contributed by atoms with E-state index in [1.807, 2.05) is 0 Å². The molecule has 0 fully saturated rings. The van der Waals surface area contributed by atoms with E-state index in [1.54, 1.807) is 38.1 Å². The van der Waals surface area contributed by atoms with Crippen molar-refractivity contribution in [2.45, 2.75) is 18.7 Å². The highest BCUT2D eigenvalue weighted by Gasteiger charge is 2.23. The summed E-state index contributed by atoms with van der Waals surface area (Å²) in [5.74, 6) is -1.35. The molecule has 29 heavy (non-hydrogen) atoms. The van der Waals surface area contributed by atoms with Gasteiger partial charge in [0.05, 0.1) is 22.7 Å². The smallest absolute Gasteiger partial charge is 0.252 e. The molecule has 0 bridgehead atoms. The second-order valence-electron chi connectivity index (χ2n) is 5.98. The number of carbonyl (C=O) groups excluding carboxylic acids is 2. The molecule has 2 aromatic carbocycles. The van der Waals surface area contributed by atoms with Crippen molar-refractivity contribution in [3.63, 3.8) is 0 Å². The average Bonchev–Trinajstić information content (AvgIpc) is 2.68. The van der Waals surface area contributed by atoms with E-state index in [4.69, 9.17) is 0 Å². The number of phenols is 1. The molecule has 2 rings (SSSR count). The number of benzene rings is 2. The van der Waals surface area contributed by atoms with Crippen LogP contribution in [0.4, 0.5) is 5.69 Å². The molecule has 0 aliphatic heterocycles. The molecule has 0 spiro atoms. The SMILES string of the molecule is CCN(CC)S(=O)(=O)c1ccc(O)c(NC(=O)CNC(=O)c2ccccc2Br)c1. The number of aromatic hydroxyl groups is 1. The van der Waals surface area contributed by atoms with Crippen molar-refractivity contribution in [3.05, 3.63) is 52.5 Å². The highest BCUT2D eigenvalue weighted by atomic mass is 79.9. The van der Waals surface area contributed by atoms with E-state index < -0.39 is 21.8 Å². The predicted molar refractivity (Wildman–Crippen MR) is 113 cm³/mol. The van der Waals surface area contributed by atoms with Gasteiger partial charge >= 0.3 is 0 Å². The first kappa shape index (κ1) is 22.9. The Morgan fingerprint density at radius 1 is 1.10 bits per heavy atom. The van der Waals surface area contributed by atoms with Crippen LogP contribution in [0.3, 0.4) is 0 Å². The van der Waals surface area contributed by atoms with Crippen molar-refractivity contribution in [3.8, 4) is 5.75 Å². The van der Waals surface area contributed by atoms with E-state index in [1.165, 1.54) is 22.5 Å². The van der Waals surface area contributed by atoms with Crippen LogP contribution in [0.15, 0.2) is 51.8 Å². The molecular formula is C19H22BrN3O5S. The third kappa shape index (κ3) is 5.55. The Balaban J connectivity index is 2.10. The normalized spacial score (nSPS) is 11.3. The van der Waals surface area contributed by atoms with E-state index in [-0.39, 0.29) is 22.9 Å². The van der Waals surface area contributed by atoms with Crippen molar-refractivity contribution in [1.29, 1.82) is 0 Å². The van der Waals surface area contributed by atoms with Gasteiger partial charge in [-0.2, -0.15) is 4.31 Å². The van der Waals surface area contributed by atoms with E-state index in [0.717, 1.165) is 0 Å². The van der Waals surface area contributed by atoms with Gasteiger partial charge in [-0.15, -0.1) is 0 Å². The van der Waals surface area contributed by atoms with Crippen LogP contribution in [0, 0.1) is 0 Å². The molecule has 0 atom stereocenters. The number of nitrogens with one attached hydrogen (secondary N) is 2. The quantitative estimate of drug-likeness (QED) is 0.498. The molecule has 0 saturated heterocycles. The summed E-state index contributed by atoms with van der Waals surface area (Å²) in [5.41, 5.74) is 0.314. The number of anilines is 1. The number of sulfonamides is 1. The number of hydrogen-bond acceptors (Lipinski definition) is 5. The molecule has 0 aliphatic rings. The average molecular weight is 484 g/mol. The predicted octanol–water partition coefficient (Wildman–Crippen LogP) is 2.55. The van der Waals surface area contributed by atoms with Crippen molar-refractivity contribution < 1.29 is 23.1 Å². The number of phenolic OH excluding ortho intramolecular Hbond substituents is 1. The third-order valence-electron chi connectivity index (χ3n) is 4.11. The summed E-state index contributed by atoms with van der Waals surface area (Å²) in [5, 5.41) is 14.9. The number of amides is 2. The van der Waals surface area contributed by atoms with Crippen molar-refractivity contribution in [2.24, 2.45) is 0 Å². The maximum absolute atomic E-state index is 12.6. The minimum absolute atomic E-state index is 0.0495. The van der Waals surface area contributed by atoms with Gasteiger partial charge in [0, 0.05) is 17.6 Å². The monoisotopic (exact) mass is 483 g/mol. The number of nitrogens with zero attached hydrogens (tertiary/aromatic N) is 1. The van der Waals surface area contributed by atoms with Gasteiger partial charge in [-0.25, -0.2) is 8.42 Å². The molecule has 0 aliphatic carbocycles. The van der Waals surface area contributed by atoms with Gasteiger partial charge in [-0.05, 0) is 46.3 Å². The zero-order valence-electron chi connectivity index (χ0n) is 16.0. The fourth-order valence-electron chi connectivity index (χ4n) is 2.58. The molecule has 8 nitrogen and oxygen atoms in total. The molecule has 0 heterocycles.